The lowest BCUT2D eigenvalue weighted by Crippen LogP contribution is -2.26. The highest BCUT2D eigenvalue weighted by molar-refractivity contribution is 6.37. The third-order valence-corrected chi connectivity index (χ3v) is 5.87. The first-order valence-electron chi connectivity index (χ1n) is 9.48. The first kappa shape index (κ1) is 24.1. The van der Waals surface area contributed by atoms with Crippen molar-refractivity contribution in [1.82, 2.24) is 0 Å². The zero-order valence-electron chi connectivity index (χ0n) is 16.9. The van der Waals surface area contributed by atoms with E-state index in [0.29, 0.717) is 34.0 Å². The molecule has 0 spiro atoms. The van der Waals surface area contributed by atoms with E-state index < -0.39 is 6.10 Å². The van der Waals surface area contributed by atoms with Crippen molar-refractivity contribution < 1.29 is 14.6 Å². The van der Waals surface area contributed by atoms with Gasteiger partial charge in [0.2, 0.25) is 0 Å². The molecule has 2 aromatic carbocycles. The van der Waals surface area contributed by atoms with Crippen LogP contribution in [-0.4, -0.2) is 36.8 Å². The van der Waals surface area contributed by atoms with E-state index >= 15 is 0 Å². The Bertz CT molecular complexity index is 773. The van der Waals surface area contributed by atoms with Crippen LogP contribution in [-0.2, 0) is 5.41 Å². The highest BCUT2D eigenvalue weighted by Gasteiger charge is 2.26. The number of nitrogens with two attached hydrogens (primary N) is 1. The number of hydrogen-bond acceptors (Lipinski definition) is 4. The van der Waals surface area contributed by atoms with Gasteiger partial charge < -0.3 is 20.3 Å². The fourth-order valence-electron chi connectivity index (χ4n) is 2.72. The van der Waals surface area contributed by atoms with Gasteiger partial charge in [-0.05, 0) is 35.4 Å². The monoisotopic (exact) mass is 459 g/mol. The van der Waals surface area contributed by atoms with E-state index in [1.807, 2.05) is 43.3 Å². The Balaban J connectivity index is 2.19. The molecule has 160 valence electrons. The average Bonchev–Trinajstić information content (AvgIpc) is 2.71. The highest BCUT2D eigenvalue weighted by Crippen LogP contribution is 2.40. The van der Waals surface area contributed by atoms with Crippen molar-refractivity contribution in [3.63, 3.8) is 0 Å². The van der Waals surface area contributed by atoms with Crippen LogP contribution in [0.15, 0.2) is 36.4 Å². The Kier molecular flexibility index (Phi) is 8.92. The molecule has 2 aromatic rings. The summed E-state index contributed by atoms with van der Waals surface area (Å²) in [6.07, 6.45) is -0.677. The van der Waals surface area contributed by atoms with Gasteiger partial charge in [-0.3, -0.25) is 0 Å². The maximum atomic E-state index is 9.52. The molecular weight excluding hydrogens is 433 g/mol. The molecule has 2 rings (SSSR count). The predicted molar refractivity (Wildman–Crippen MR) is 121 cm³/mol. The number of hydrogen-bond donors (Lipinski definition) is 2. The van der Waals surface area contributed by atoms with Gasteiger partial charge in [-0.15, -0.1) is 11.6 Å². The lowest BCUT2D eigenvalue weighted by atomic mass is 9.78. The van der Waals surface area contributed by atoms with Crippen LogP contribution in [0.1, 0.15) is 31.9 Å². The zero-order chi connectivity index (χ0) is 21.6. The largest absolute Gasteiger partial charge is 0.491 e. The molecule has 3 N–H and O–H groups in total. The number of rotatable bonds is 10. The summed E-state index contributed by atoms with van der Waals surface area (Å²) in [5, 5.41) is 10.5. The summed E-state index contributed by atoms with van der Waals surface area (Å²) >= 11 is 18.8. The van der Waals surface area contributed by atoms with Gasteiger partial charge in [-0.1, -0.05) is 56.1 Å². The molecule has 0 bridgehead atoms. The van der Waals surface area contributed by atoms with Crippen LogP contribution in [0.25, 0.3) is 0 Å². The van der Waals surface area contributed by atoms with E-state index in [1.54, 1.807) is 0 Å². The molecule has 0 amide bonds. The van der Waals surface area contributed by atoms with E-state index in [2.05, 4.69) is 13.8 Å². The van der Waals surface area contributed by atoms with Gasteiger partial charge in [0.05, 0.1) is 16.7 Å². The molecule has 7 heteroatoms. The molecule has 0 aliphatic carbocycles. The molecule has 0 aliphatic rings. The van der Waals surface area contributed by atoms with Crippen molar-refractivity contribution in [2.45, 2.75) is 32.3 Å². The summed E-state index contributed by atoms with van der Waals surface area (Å²) in [6, 6.07) is 11.5. The van der Waals surface area contributed by atoms with E-state index in [-0.39, 0.29) is 24.5 Å². The van der Waals surface area contributed by atoms with Gasteiger partial charge in [-0.2, -0.15) is 0 Å². The molecule has 0 aliphatic heterocycles. The van der Waals surface area contributed by atoms with Gasteiger partial charge in [-0.25, -0.2) is 0 Å². The second-order valence-corrected chi connectivity index (χ2v) is 8.81. The number of ether oxygens (including phenoxy) is 2. The Labute approximate surface area is 187 Å². The molecule has 4 nitrogen and oxygen atoms in total. The molecule has 0 radical (unpaired) electrons. The number of benzene rings is 2. The quantitative estimate of drug-likeness (QED) is 0.474. The van der Waals surface area contributed by atoms with E-state index in [1.165, 1.54) is 0 Å². The number of aliphatic hydroxyl groups is 1. The van der Waals surface area contributed by atoms with Crippen LogP contribution in [0.5, 0.6) is 11.5 Å². The minimum absolute atomic E-state index is 0.161. The maximum Gasteiger partial charge on any atom is 0.156 e. The molecule has 2 atom stereocenters. The highest BCUT2D eigenvalue weighted by atomic mass is 35.5. The second-order valence-electron chi connectivity index (χ2n) is 7.69. The Morgan fingerprint density at radius 1 is 1.00 bits per heavy atom. The number of halogens is 3. The molecule has 0 unspecified atom stereocenters. The van der Waals surface area contributed by atoms with E-state index in [0.717, 1.165) is 11.1 Å². The molecule has 0 saturated heterocycles. The van der Waals surface area contributed by atoms with Crippen LogP contribution in [0.3, 0.4) is 0 Å². The lowest BCUT2D eigenvalue weighted by Gasteiger charge is -2.27. The average molecular weight is 461 g/mol. The smallest absolute Gasteiger partial charge is 0.156 e. The fraction of sp³-hybridized carbons (Fsp3) is 0.455. The summed E-state index contributed by atoms with van der Waals surface area (Å²) in [4.78, 5) is 0. The zero-order valence-corrected chi connectivity index (χ0v) is 19.2. The van der Waals surface area contributed by atoms with Crippen molar-refractivity contribution in [2.24, 2.45) is 11.7 Å². The summed E-state index contributed by atoms with van der Waals surface area (Å²) < 4.78 is 11.3. The van der Waals surface area contributed by atoms with Crippen molar-refractivity contribution in [2.75, 3.05) is 25.6 Å². The molecule has 0 aromatic heterocycles. The normalized spacial score (nSPS) is 13.8. The molecule has 0 heterocycles. The van der Waals surface area contributed by atoms with Crippen LogP contribution >= 0.6 is 34.8 Å². The second kappa shape index (κ2) is 10.7. The van der Waals surface area contributed by atoms with Gasteiger partial charge in [0.1, 0.15) is 18.5 Å². The van der Waals surface area contributed by atoms with Gasteiger partial charge in [0.15, 0.2) is 5.75 Å². The maximum absolute atomic E-state index is 9.52. The van der Waals surface area contributed by atoms with Crippen molar-refractivity contribution >= 4 is 34.8 Å². The Morgan fingerprint density at radius 2 is 1.59 bits per heavy atom. The third-order valence-electron chi connectivity index (χ3n) is 4.79. The SMILES string of the molecule is C[C@H](CCl)COc1c(Cl)cc(C(C)(C)c2ccc(OC[C@@H](O)CN)cc2)cc1Cl. The topological polar surface area (TPSA) is 64.7 Å². The Morgan fingerprint density at radius 3 is 2.10 bits per heavy atom. The molecule has 0 saturated carbocycles. The van der Waals surface area contributed by atoms with Crippen molar-refractivity contribution in [3.8, 4) is 11.5 Å². The van der Waals surface area contributed by atoms with E-state index in [9.17, 15) is 5.11 Å². The summed E-state index contributed by atoms with van der Waals surface area (Å²) in [6.45, 7) is 6.96. The molecular formula is C22H28Cl3NO3. The standard InChI is InChI=1S/C22H28Cl3NO3/c1-14(10-23)12-29-21-19(24)8-16(9-20(21)25)22(2,3)15-4-6-18(7-5-15)28-13-17(27)11-26/h4-9,14,17,27H,10-13,26H2,1-3H3/t14-,17+/m1/s1. The third kappa shape index (κ3) is 6.40. The molecule has 0 fully saturated rings. The van der Waals surface area contributed by atoms with Gasteiger partial charge in [0.25, 0.3) is 0 Å². The number of alkyl halides is 1. The summed E-state index contributed by atoms with van der Waals surface area (Å²) in [5.41, 5.74) is 7.09. The first-order chi connectivity index (χ1) is 13.7. The fourth-order valence-corrected chi connectivity index (χ4v) is 3.41. The van der Waals surface area contributed by atoms with Crippen LogP contribution in [0.2, 0.25) is 10.0 Å². The van der Waals surface area contributed by atoms with Crippen molar-refractivity contribution in [3.05, 3.63) is 57.6 Å². The van der Waals surface area contributed by atoms with Crippen molar-refractivity contribution in [1.29, 1.82) is 0 Å². The Hall–Kier alpha value is -1.17. The lowest BCUT2D eigenvalue weighted by molar-refractivity contribution is 0.114. The minimum Gasteiger partial charge on any atom is -0.491 e. The van der Waals surface area contributed by atoms with Gasteiger partial charge in [0, 0.05) is 23.8 Å². The minimum atomic E-state index is -0.677. The predicted octanol–water partition coefficient (Wildman–Crippen LogP) is 5.27. The number of aliphatic hydroxyl groups excluding tert-OH is 1. The van der Waals surface area contributed by atoms with Gasteiger partial charge >= 0.3 is 0 Å². The summed E-state index contributed by atoms with van der Waals surface area (Å²) in [5.74, 6) is 1.86. The van der Waals surface area contributed by atoms with Crippen LogP contribution in [0, 0.1) is 5.92 Å². The van der Waals surface area contributed by atoms with Crippen LogP contribution < -0.4 is 15.2 Å². The molecule has 29 heavy (non-hydrogen) atoms. The van der Waals surface area contributed by atoms with E-state index in [4.69, 9.17) is 50.0 Å². The van der Waals surface area contributed by atoms with Crippen LogP contribution in [0.4, 0.5) is 0 Å². The summed E-state index contributed by atoms with van der Waals surface area (Å²) in [7, 11) is 0. The first-order valence-corrected chi connectivity index (χ1v) is 10.8.